The summed E-state index contributed by atoms with van der Waals surface area (Å²) in [5, 5.41) is 23.8. The number of amides is 1. The molecular formula is C23H18ClN3O4. The average molecular weight is 436 g/mol. The van der Waals surface area contributed by atoms with Gasteiger partial charge in [0.2, 0.25) is 0 Å². The largest absolute Gasteiger partial charge is 0.457 e. The van der Waals surface area contributed by atoms with E-state index in [-0.39, 0.29) is 17.0 Å². The number of carbonyl (C=O) groups excluding carboxylic acids is 1. The van der Waals surface area contributed by atoms with Gasteiger partial charge >= 0.3 is 0 Å². The molecule has 1 heterocycles. The number of nitro groups is 1. The minimum Gasteiger partial charge on any atom is -0.457 e. The summed E-state index contributed by atoms with van der Waals surface area (Å²) < 4.78 is 5.72. The maximum Gasteiger partial charge on any atom is 0.273 e. The molecule has 156 valence electrons. The number of halogens is 1. The van der Waals surface area contributed by atoms with Crippen LogP contribution in [-0.2, 0) is 4.79 Å². The molecule has 0 aliphatic carbocycles. The van der Waals surface area contributed by atoms with Gasteiger partial charge in [-0.1, -0.05) is 17.7 Å². The summed E-state index contributed by atoms with van der Waals surface area (Å²) in [7, 11) is 0. The molecule has 0 bridgehead atoms. The van der Waals surface area contributed by atoms with Crippen molar-refractivity contribution >= 4 is 35.0 Å². The molecule has 0 unspecified atom stereocenters. The quantitative estimate of drug-likeness (QED) is 0.229. The second-order valence-electron chi connectivity index (χ2n) is 6.98. The van der Waals surface area contributed by atoms with Crippen molar-refractivity contribution in [3.05, 3.63) is 85.6 Å². The Kier molecular flexibility index (Phi) is 6.23. The highest BCUT2D eigenvalue weighted by atomic mass is 35.5. The standard InChI is InChI=1S/C23H18ClN3O4/c1-13-4-5-18(11-20(13)24)26-23(28)17(12-25)9-19-6-7-22(31-19)16-8-14(2)15(3)21(10-16)27(29)30/h4-11H,1-3H3,(H,26,28)/b17-9-. The predicted octanol–water partition coefficient (Wildman–Crippen LogP) is 5.98. The predicted molar refractivity (Wildman–Crippen MR) is 119 cm³/mol. The number of benzene rings is 2. The molecule has 0 fully saturated rings. The van der Waals surface area contributed by atoms with E-state index in [4.69, 9.17) is 16.0 Å². The summed E-state index contributed by atoms with van der Waals surface area (Å²) in [6.45, 7) is 5.31. The number of anilines is 1. The molecule has 0 aliphatic rings. The molecule has 0 saturated heterocycles. The summed E-state index contributed by atoms with van der Waals surface area (Å²) in [5.74, 6) is 0.0483. The van der Waals surface area contributed by atoms with Gasteiger partial charge in [0, 0.05) is 34.0 Å². The number of nitro benzene ring substituents is 1. The maximum absolute atomic E-state index is 12.5. The van der Waals surface area contributed by atoms with Crippen LogP contribution in [-0.4, -0.2) is 10.8 Å². The van der Waals surface area contributed by atoms with E-state index in [9.17, 15) is 20.2 Å². The van der Waals surface area contributed by atoms with Crippen molar-refractivity contribution in [3.8, 4) is 17.4 Å². The van der Waals surface area contributed by atoms with Crippen molar-refractivity contribution in [3.63, 3.8) is 0 Å². The van der Waals surface area contributed by atoms with Gasteiger partial charge in [-0.3, -0.25) is 14.9 Å². The Morgan fingerprint density at radius 3 is 2.55 bits per heavy atom. The van der Waals surface area contributed by atoms with E-state index in [0.717, 1.165) is 11.1 Å². The fraction of sp³-hybridized carbons (Fsp3) is 0.130. The highest BCUT2D eigenvalue weighted by molar-refractivity contribution is 6.31. The minimum absolute atomic E-state index is 0.00246. The summed E-state index contributed by atoms with van der Waals surface area (Å²) in [6.07, 6.45) is 1.31. The van der Waals surface area contributed by atoms with Crippen molar-refractivity contribution in [2.75, 3.05) is 5.32 Å². The molecular weight excluding hydrogens is 418 g/mol. The molecule has 7 nitrogen and oxygen atoms in total. The Balaban J connectivity index is 1.87. The van der Waals surface area contributed by atoms with E-state index in [0.29, 0.717) is 27.6 Å². The van der Waals surface area contributed by atoms with Gasteiger partial charge in [-0.05, 0) is 62.2 Å². The number of hydrogen-bond donors (Lipinski definition) is 1. The first-order valence-corrected chi connectivity index (χ1v) is 9.62. The smallest absolute Gasteiger partial charge is 0.273 e. The van der Waals surface area contributed by atoms with Gasteiger partial charge in [0.15, 0.2) is 0 Å². The van der Waals surface area contributed by atoms with Crippen LogP contribution in [0.3, 0.4) is 0 Å². The molecule has 8 heteroatoms. The molecule has 0 spiro atoms. The normalized spacial score (nSPS) is 11.1. The Labute approximate surface area is 183 Å². The highest BCUT2D eigenvalue weighted by Crippen LogP contribution is 2.31. The molecule has 0 saturated carbocycles. The van der Waals surface area contributed by atoms with Crippen LogP contribution in [0.2, 0.25) is 5.02 Å². The van der Waals surface area contributed by atoms with E-state index in [1.807, 2.05) is 13.0 Å². The van der Waals surface area contributed by atoms with Gasteiger partial charge in [-0.2, -0.15) is 5.26 Å². The Hall–Kier alpha value is -3.89. The van der Waals surface area contributed by atoms with Gasteiger partial charge in [-0.25, -0.2) is 0 Å². The molecule has 1 N–H and O–H groups in total. The lowest BCUT2D eigenvalue weighted by Gasteiger charge is -2.06. The summed E-state index contributed by atoms with van der Waals surface area (Å²) in [5.41, 5.74) is 3.04. The van der Waals surface area contributed by atoms with Crippen LogP contribution in [0.25, 0.3) is 17.4 Å². The van der Waals surface area contributed by atoms with Crippen molar-refractivity contribution in [1.82, 2.24) is 0 Å². The van der Waals surface area contributed by atoms with Gasteiger partial charge < -0.3 is 9.73 Å². The summed E-state index contributed by atoms with van der Waals surface area (Å²) in [4.78, 5) is 23.3. The first-order valence-electron chi connectivity index (χ1n) is 9.24. The van der Waals surface area contributed by atoms with E-state index < -0.39 is 10.8 Å². The fourth-order valence-electron chi connectivity index (χ4n) is 2.92. The summed E-state index contributed by atoms with van der Waals surface area (Å²) in [6, 6.07) is 13.3. The molecule has 0 radical (unpaired) electrons. The molecule has 0 atom stereocenters. The zero-order valence-electron chi connectivity index (χ0n) is 17.0. The van der Waals surface area contributed by atoms with Gasteiger partial charge in [-0.15, -0.1) is 0 Å². The highest BCUT2D eigenvalue weighted by Gasteiger charge is 2.17. The second kappa shape index (κ2) is 8.86. The Morgan fingerprint density at radius 2 is 1.90 bits per heavy atom. The number of nitrogens with one attached hydrogen (secondary N) is 1. The second-order valence-corrected chi connectivity index (χ2v) is 7.39. The number of hydrogen-bond acceptors (Lipinski definition) is 5. The average Bonchev–Trinajstić information content (AvgIpc) is 3.19. The van der Waals surface area contributed by atoms with Crippen LogP contribution in [0, 0.1) is 42.2 Å². The number of nitrogens with zero attached hydrogens (tertiary/aromatic N) is 2. The van der Waals surface area contributed by atoms with Gasteiger partial charge in [0.1, 0.15) is 23.2 Å². The maximum atomic E-state index is 12.5. The number of aryl methyl sites for hydroxylation is 2. The molecule has 31 heavy (non-hydrogen) atoms. The molecule has 3 aromatic rings. The Bertz CT molecular complexity index is 1270. The molecule has 1 amide bonds. The van der Waals surface area contributed by atoms with E-state index >= 15 is 0 Å². The van der Waals surface area contributed by atoms with Crippen molar-refractivity contribution in [2.24, 2.45) is 0 Å². The van der Waals surface area contributed by atoms with Crippen LogP contribution in [0.1, 0.15) is 22.5 Å². The van der Waals surface area contributed by atoms with E-state index in [1.54, 1.807) is 50.2 Å². The number of nitriles is 1. The molecule has 3 rings (SSSR count). The Morgan fingerprint density at radius 1 is 1.16 bits per heavy atom. The van der Waals surface area contributed by atoms with Gasteiger partial charge in [0.05, 0.1) is 4.92 Å². The van der Waals surface area contributed by atoms with Crippen molar-refractivity contribution in [1.29, 1.82) is 5.26 Å². The van der Waals surface area contributed by atoms with Crippen molar-refractivity contribution in [2.45, 2.75) is 20.8 Å². The van der Waals surface area contributed by atoms with Crippen LogP contribution >= 0.6 is 11.6 Å². The molecule has 2 aromatic carbocycles. The van der Waals surface area contributed by atoms with Crippen LogP contribution < -0.4 is 5.32 Å². The first-order chi connectivity index (χ1) is 14.7. The van der Waals surface area contributed by atoms with Crippen LogP contribution in [0.5, 0.6) is 0 Å². The molecule has 1 aromatic heterocycles. The van der Waals surface area contributed by atoms with Crippen LogP contribution in [0.15, 0.2) is 52.5 Å². The zero-order chi connectivity index (χ0) is 22.7. The van der Waals surface area contributed by atoms with E-state index in [1.165, 1.54) is 12.1 Å². The lowest BCUT2D eigenvalue weighted by Crippen LogP contribution is -2.13. The number of carbonyl (C=O) groups is 1. The lowest BCUT2D eigenvalue weighted by molar-refractivity contribution is -0.385. The topological polar surface area (TPSA) is 109 Å². The minimum atomic E-state index is -0.609. The van der Waals surface area contributed by atoms with Crippen molar-refractivity contribution < 1.29 is 14.1 Å². The van der Waals surface area contributed by atoms with Crippen LogP contribution in [0.4, 0.5) is 11.4 Å². The third-order valence-electron chi connectivity index (χ3n) is 4.83. The van der Waals surface area contributed by atoms with Gasteiger partial charge in [0.25, 0.3) is 11.6 Å². The third kappa shape index (κ3) is 4.82. The molecule has 0 aliphatic heterocycles. The lowest BCUT2D eigenvalue weighted by atomic mass is 10.0. The summed E-state index contributed by atoms with van der Waals surface area (Å²) >= 11 is 6.06. The fourth-order valence-corrected chi connectivity index (χ4v) is 3.10. The van der Waals surface area contributed by atoms with E-state index in [2.05, 4.69) is 5.32 Å². The monoisotopic (exact) mass is 435 g/mol. The third-order valence-corrected chi connectivity index (χ3v) is 5.24. The number of furan rings is 1. The first kappa shape index (κ1) is 21.8. The zero-order valence-corrected chi connectivity index (χ0v) is 17.8. The SMILES string of the molecule is Cc1ccc(NC(=O)/C(C#N)=C\c2ccc(-c3cc(C)c(C)c([N+](=O)[O-])c3)o2)cc1Cl. The number of rotatable bonds is 5.